The van der Waals surface area contributed by atoms with Crippen molar-refractivity contribution in [2.24, 2.45) is 0 Å². The van der Waals surface area contributed by atoms with Crippen LogP contribution in [0.3, 0.4) is 0 Å². The molecule has 0 amide bonds. The zero-order chi connectivity index (χ0) is 11.2. The monoisotopic (exact) mass is 269 g/mol. The Balaban J connectivity index is 0.000000500. The van der Waals surface area contributed by atoms with E-state index in [1.54, 1.807) is 0 Å². The van der Waals surface area contributed by atoms with Crippen LogP contribution in [0.2, 0.25) is 0 Å². The van der Waals surface area contributed by atoms with E-state index in [2.05, 4.69) is 21.1 Å². The van der Waals surface area contributed by atoms with E-state index < -0.39 is 15.5 Å². The Bertz CT molecular complexity index is 149. The first-order chi connectivity index (χ1) is 6.41. The van der Waals surface area contributed by atoms with Crippen LogP contribution in [0.1, 0.15) is 25.7 Å². The second-order valence-electron chi connectivity index (χ2n) is 4.65. The fraction of sp³-hybridized carbons (Fsp3) is 1.00. The van der Waals surface area contributed by atoms with Crippen molar-refractivity contribution in [1.29, 1.82) is 0 Å². The van der Waals surface area contributed by atoms with Crippen LogP contribution in [0.5, 0.6) is 0 Å². The summed E-state index contributed by atoms with van der Waals surface area (Å²) in [6.45, 7) is 0. The van der Waals surface area contributed by atoms with E-state index in [1.807, 2.05) is 0 Å². The number of rotatable bonds is 1. The lowest BCUT2D eigenvalue weighted by molar-refractivity contribution is -1.41. The van der Waals surface area contributed by atoms with Gasteiger partial charge >= 0.3 is 0 Å². The van der Waals surface area contributed by atoms with Crippen molar-refractivity contribution in [2.45, 2.75) is 37.8 Å². The highest BCUT2D eigenvalue weighted by Crippen LogP contribution is 2.24. The van der Waals surface area contributed by atoms with Crippen LogP contribution in [-0.4, -0.2) is 42.9 Å². The number of nitrogens with zero attached hydrogens (tertiary/aromatic N) is 1. The number of aliphatic hydroxyl groups is 1. The quantitative estimate of drug-likeness (QED) is 0.597. The minimum Gasteiger partial charge on any atom is -0.585 e. The molecule has 1 saturated carbocycles. The van der Waals surface area contributed by atoms with Gasteiger partial charge in [-0.05, 0) is 19.3 Å². The SMILES string of the molecule is C[N+](C)(C)C1CCCC(O)C1.[O-][Br+][O-]. The van der Waals surface area contributed by atoms with E-state index in [0.29, 0.717) is 6.04 Å². The highest BCUT2D eigenvalue weighted by Gasteiger charge is 2.29. The molecule has 14 heavy (non-hydrogen) atoms. The minimum atomic E-state index is -1.44. The second kappa shape index (κ2) is 6.74. The van der Waals surface area contributed by atoms with Crippen LogP contribution in [0.15, 0.2) is 0 Å². The lowest BCUT2D eigenvalue weighted by atomic mass is 9.91. The standard InChI is InChI=1S/C9H20NO.BrO2/c1-10(2,3)8-5-4-6-9(11)7-8;2-1-3/h8-9,11H,4-7H2,1-3H3;/q+1;-1. The molecule has 2 unspecified atom stereocenters. The van der Waals surface area contributed by atoms with E-state index in [9.17, 15) is 5.11 Å². The van der Waals surface area contributed by atoms with E-state index >= 15 is 0 Å². The average Bonchev–Trinajstić information content (AvgIpc) is 2.04. The van der Waals surface area contributed by atoms with Gasteiger partial charge in [0.05, 0.1) is 33.3 Å². The van der Waals surface area contributed by atoms with E-state index in [0.717, 1.165) is 17.3 Å². The van der Waals surface area contributed by atoms with Crippen LogP contribution in [0.4, 0.5) is 0 Å². The molecule has 0 heterocycles. The summed E-state index contributed by atoms with van der Waals surface area (Å²) in [5.74, 6) is 0. The Morgan fingerprint density at radius 2 is 1.71 bits per heavy atom. The maximum atomic E-state index is 9.43. The zero-order valence-electron chi connectivity index (χ0n) is 9.07. The molecule has 0 aromatic heterocycles. The fourth-order valence-corrected chi connectivity index (χ4v) is 1.84. The molecule has 2 atom stereocenters. The van der Waals surface area contributed by atoms with Crippen molar-refractivity contribution < 1.29 is 33.5 Å². The molecule has 1 fully saturated rings. The maximum Gasteiger partial charge on any atom is 0.170 e. The van der Waals surface area contributed by atoms with Crippen LogP contribution >= 0.6 is 0 Å². The van der Waals surface area contributed by atoms with Crippen molar-refractivity contribution in [3.63, 3.8) is 0 Å². The molecule has 1 aliphatic rings. The lowest BCUT2D eigenvalue weighted by Crippen LogP contribution is -2.48. The Kier molecular flexibility index (Phi) is 6.89. The summed E-state index contributed by atoms with van der Waals surface area (Å²) in [6.07, 6.45) is 4.44. The Morgan fingerprint density at radius 3 is 2.00 bits per heavy atom. The van der Waals surface area contributed by atoms with Crippen LogP contribution in [0.25, 0.3) is 0 Å². The van der Waals surface area contributed by atoms with Gasteiger partial charge in [0.15, 0.2) is 15.5 Å². The molecule has 0 saturated heterocycles. The smallest absolute Gasteiger partial charge is 0.170 e. The number of aliphatic hydroxyl groups excluding tert-OH is 1. The third kappa shape index (κ3) is 5.93. The van der Waals surface area contributed by atoms with E-state index in [-0.39, 0.29) is 6.10 Å². The summed E-state index contributed by atoms with van der Waals surface area (Å²) < 4.78 is 17.8. The van der Waals surface area contributed by atoms with Crippen molar-refractivity contribution in [3.8, 4) is 0 Å². The first-order valence-electron chi connectivity index (χ1n) is 4.80. The Hall–Kier alpha value is 0.320. The van der Waals surface area contributed by atoms with Gasteiger partial charge in [-0.2, -0.15) is 0 Å². The van der Waals surface area contributed by atoms with Crippen LogP contribution in [-0.2, 0) is 0 Å². The fourth-order valence-electron chi connectivity index (χ4n) is 1.84. The second-order valence-corrected chi connectivity index (χ2v) is 4.92. The molecule has 0 spiro atoms. The molecule has 0 radical (unpaired) electrons. The number of quaternary nitrogens is 1. The predicted octanol–water partition coefficient (Wildman–Crippen LogP) is -1.38. The van der Waals surface area contributed by atoms with Gasteiger partial charge in [-0.25, -0.2) is 0 Å². The molecule has 86 valence electrons. The van der Waals surface area contributed by atoms with Gasteiger partial charge in [-0.3, -0.25) is 0 Å². The van der Waals surface area contributed by atoms with Gasteiger partial charge in [0.2, 0.25) is 0 Å². The van der Waals surface area contributed by atoms with Gasteiger partial charge < -0.3 is 18.0 Å². The molecule has 0 aromatic rings. The molecule has 0 bridgehead atoms. The molecule has 1 N–H and O–H groups in total. The molecule has 4 nitrogen and oxygen atoms in total. The summed E-state index contributed by atoms with van der Waals surface area (Å²) in [6, 6.07) is 0.666. The van der Waals surface area contributed by atoms with E-state index in [4.69, 9.17) is 8.40 Å². The largest absolute Gasteiger partial charge is 0.585 e. The summed E-state index contributed by atoms with van der Waals surface area (Å²) in [5.41, 5.74) is 0. The van der Waals surface area contributed by atoms with Crippen LogP contribution < -0.4 is 8.40 Å². The summed E-state index contributed by atoms with van der Waals surface area (Å²) in [5, 5.41) is 9.43. The summed E-state index contributed by atoms with van der Waals surface area (Å²) in [4.78, 5) is 0. The minimum absolute atomic E-state index is 0.0360. The molecule has 5 heteroatoms. The third-order valence-corrected chi connectivity index (χ3v) is 2.71. The van der Waals surface area contributed by atoms with Gasteiger partial charge in [0.25, 0.3) is 0 Å². The number of hydrogen-bond donors (Lipinski definition) is 1. The average molecular weight is 270 g/mol. The topological polar surface area (TPSA) is 66.3 Å². The molecule has 1 rings (SSSR count). The molecule has 1 aliphatic carbocycles. The zero-order valence-corrected chi connectivity index (χ0v) is 10.7. The van der Waals surface area contributed by atoms with E-state index in [1.165, 1.54) is 12.8 Å². The first kappa shape index (κ1) is 14.3. The molecular weight excluding hydrogens is 250 g/mol. The van der Waals surface area contributed by atoms with Crippen LogP contribution in [0, 0.1) is 15.5 Å². The maximum absolute atomic E-state index is 9.43. The van der Waals surface area contributed by atoms with Gasteiger partial charge in [-0.1, -0.05) is 0 Å². The highest BCUT2D eigenvalue weighted by molar-refractivity contribution is 4.71. The molecule has 0 aromatic carbocycles. The summed E-state index contributed by atoms with van der Waals surface area (Å²) in [7, 11) is 6.63. The Morgan fingerprint density at radius 1 is 1.21 bits per heavy atom. The highest BCUT2D eigenvalue weighted by atomic mass is 79.9. The number of halogens is 1. The summed E-state index contributed by atoms with van der Waals surface area (Å²) >= 11 is -1.44. The normalized spacial score (nSPS) is 27.9. The first-order valence-corrected chi connectivity index (χ1v) is 6.09. The van der Waals surface area contributed by atoms with Crippen molar-refractivity contribution in [3.05, 3.63) is 0 Å². The lowest BCUT2D eigenvalue weighted by Gasteiger charge is -2.38. The van der Waals surface area contributed by atoms with Crippen molar-refractivity contribution in [1.82, 2.24) is 0 Å². The predicted molar refractivity (Wildman–Crippen MR) is 46.3 cm³/mol. The third-order valence-electron chi connectivity index (χ3n) is 2.71. The molecule has 0 aliphatic heterocycles. The van der Waals surface area contributed by atoms with Gasteiger partial charge in [0.1, 0.15) is 0 Å². The van der Waals surface area contributed by atoms with Crippen molar-refractivity contribution in [2.75, 3.05) is 21.1 Å². The number of hydrogen-bond acceptors (Lipinski definition) is 3. The van der Waals surface area contributed by atoms with Crippen molar-refractivity contribution >= 4 is 0 Å². The molecular formula is C9H20BrNO3. The van der Waals surface area contributed by atoms with Gasteiger partial charge in [0, 0.05) is 6.42 Å². The Labute approximate surface area is 92.9 Å². The van der Waals surface area contributed by atoms with Gasteiger partial charge in [-0.15, -0.1) is 0 Å².